The molecule has 2 N–H and O–H groups in total. The number of carboxylic acids is 1. The molecule has 1 heterocycles. The first-order valence-electron chi connectivity index (χ1n) is 7.66. The molecule has 5 rings (SSSR count). The fourth-order valence-corrected chi connectivity index (χ4v) is 5.67. The third-order valence-electron chi connectivity index (χ3n) is 5.82. The van der Waals surface area contributed by atoms with Crippen molar-refractivity contribution in [3.05, 3.63) is 18.0 Å². The number of carboxylic acid groups (broad SMARTS) is 1. The molecular weight excluding hydrogens is 254 g/mol. The van der Waals surface area contributed by atoms with Crippen molar-refractivity contribution in [3.8, 4) is 5.75 Å². The van der Waals surface area contributed by atoms with E-state index in [0.29, 0.717) is 0 Å². The Kier molecular flexibility index (Phi) is 2.48. The number of carbonyl (C=O) groups is 1. The van der Waals surface area contributed by atoms with Crippen LogP contribution < -0.4 is 0 Å². The summed E-state index contributed by atoms with van der Waals surface area (Å²) in [6.07, 6.45) is 9.65. The molecule has 0 saturated heterocycles. The lowest BCUT2D eigenvalue weighted by Gasteiger charge is -2.57. The van der Waals surface area contributed by atoms with E-state index in [4.69, 9.17) is 0 Å². The molecule has 4 aliphatic rings. The summed E-state index contributed by atoms with van der Waals surface area (Å²) >= 11 is 0. The second kappa shape index (κ2) is 4.03. The predicted molar refractivity (Wildman–Crippen MR) is 73.7 cm³/mol. The van der Waals surface area contributed by atoms with Crippen LogP contribution in [0.4, 0.5) is 0 Å². The summed E-state index contributed by atoms with van der Waals surface area (Å²) < 4.78 is 1.77. The fraction of sp³-hybridized carbons (Fsp3) is 0.688. The molecule has 4 nitrogen and oxygen atoms in total. The Morgan fingerprint density at radius 2 is 1.75 bits per heavy atom. The molecular formula is C16H21NO3. The van der Waals surface area contributed by atoms with Crippen LogP contribution in [0.1, 0.15) is 49.0 Å². The molecule has 0 radical (unpaired) electrons. The van der Waals surface area contributed by atoms with E-state index in [2.05, 4.69) is 0 Å². The van der Waals surface area contributed by atoms with Gasteiger partial charge in [-0.25, -0.2) is 4.79 Å². The quantitative estimate of drug-likeness (QED) is 0.891. The molecule has 4 aliphatic carbocycles. The first-order chi connectivity index (χ1) is 9.55. The molecule has 4 saturated carbocycles. The van der Waals surface area contributed by atoms with Crippen molar-refractivity contribution in [2.45, 2.75) is 45.1 Å². The molecule has 0 amide bonds. The third kappa shape index (κ3) is 1.77. The smallest absolute Gasteiger partial charge is 0.356 e. The Hall–Kier alpha value is -1.45. The van der Waals surface area contributed by atoms with Gasteiger partial charge in [-0.05, 0) is 67.8 Å². The molecule has 1 aromatic rings. The van der Waals surface area contributed by atoms with Gasteiger partial charge in [-0.15, -0.1) is 0 Å². The van der Waals surface area contributed by atoms with Crippen molar-refractivity contribution in [3.63, 3.8) is 0 Å². The van der Waals surface area contributed by atoms with E-state index in [1.807, 2.05) is 0 Å². The molecule has 20 heavy (non-hydrogen) atoms. The second-order valence-electron chi connectivity index (χ2n) is 7.40. The second-order valence-corrected chi connectivity index (χ2v) is 7.40. The van der Waals surface area contributed by atoms with Gasteiger partial charge in [0.1, 0.15) is 5.75 Å². The van der Waals surface area contributed by atoms with Crippen LogP contribution in [-0.4, -0.2) is 20.7 Å². The van der Waals surface area contributed by atoms with Gasteiger partial charge in [0.2, 0.25) is 0 Å². The highest BCUT2D eigenvalue weighted by atomic mass is 16.4. The zero-order valence-electron chi connectivity index (χ0n) is 11.6. The largest absolute Gasteiger partial charge is 0.505 e. The number of aromatic carboxylic acids is 1. The van der Waals surface area contributed by atoms with Crippen molar-refractivity contribution >= 4 is 5.97 Å². The molecule has 108 valence electrons. The van der Waals surface area contributed by atoms with Crippen molar-refractivity contribution in [2.75, 3.05) is 0 Å². The molecule has 0 aliphatic heterocycles. The number of hydrogen-bond acceptors (Lipinski definition) is 2. The van der Waals surface area contributed by atoms with Crippen molar-refractivity contribution < 1.29 is 15.0 Å². The van der Waals surface area contributed by atoms with Gasteiger partial charge in [0.15, 0.2) is 5.69 Å². The number of rotatable bonds is 3. The van der Waals surface area contributed by atoms with Gasteiger partial charge < -0.3 is 14.8 Å². The molecule has 0 atom stereocenters. The highest BCUT2D eigenvalue weighted by Gasteiger charge is 2.51. The maximum atomic E-state index is 11.3. The number of nitrogens with zero attached hydrogens (tertiary/aromatic N) is 1. The summed E-state index contributed by atoms with van der Waals surface area (Å²) in [6, 6.07) is 1.50. The molecule has 4 heteroatoms. The van der Waals surface area contributed by atoms with Gasteiger partial charge in [0.25, 0.3) is 0 Å². The minimum Gasteiger partial charge on any atom is -0.505 e. The van der Waals surface area contributed by atoms with E-state index in [1.54, 1.807) is 10.8 Å². The van der Waals surface area contributed by atoms with Crippen LogP contribution in [0.25, 0.3) is 0 Å². The van der Waals surface area contributed by atoms with E-state index in [9.17, 15) is 15.0 Å². The van der Waals surface area contributed by atoms with Gasteiger partial charge >= 0.3 is 5.97 Å². The summed E-state index contributed by atoms with van der Waals surface area (Å²) in [5.74, 6) is 1.44. The number of aromatic hydroxyl groups is 1. The van der Waals surface area contributed by atoms with Gasteiger partial charge in [-0.3, -0.25) is 0 Å². The molecule has 0 spiro atoms. The first-order valence-corrected chi connectivity index (χ1v) is 7.66. The summed E-state index contributed by atoms with van der Waals surface area (Å²) in [7, 11) is 0. The van der Waals surface area contributed by atoms with Gasteiger partial charge in [-0.1, -0.05) is 0 Å². The Morgan fingerprint density at radius 3 is 2.25 bits per heavy atom. The molecule has 0 unspecified atom stereocenters. The zero-order chi connectivity index (χ0) is 13.9. The summed E-state index contributed by atoms with van der Waals surface area (Å²) in [5, 5.41) is 19.0. The minimum absolute atomic E-state index is 0.0562. The van der Waals surface area contributed by atoms with Crippen LogP contribution in [0.5, 0.6) is 5.75 Å². The molecule has 1 aromatic heterocycles. The lowest BCUT2D eigenvalue weighted by atomic mass is 9.49. The standard InChI is InChI=1S/C16H21NO3/c18-13-1-2-17(14(13)15(19)20)9-16-6-10-3-11(7-16)5-12(4-10)8-16/h1-2,10-12,18H,3-9H2,(H,19,20). The average molecular weight is 275 g/mol. The average Bonchev–Trinajstić information content (AvgIpc) is 2.67. The van der Waals surface area contributed by atoms with Crippen LogP contribution in [0.3, 0.4) is 0 Å². The molecule has 4 fully saturated rings. The lowest BCUT2D eigenvalue weighted by molar-refractivity contribution is -0.0621. The van der Waals surface area contributed by atoms with Crippen LogP contribution in [0.15, 0.2) is 12.3 Å². The monoisotopic (exact) mass is 275 g/mol. The van der Waals surface area contributed by atoms with Gasteiger partial charge in [-0.2, -0.15) is 0 Å². The van der Waals surface area contributed by atoms with Crippen molar-refractivity contribution in [2.24, 2.45) is 23.2 Å². The van der Waals surface area contributed by atoms with Crippen molar-refractivity contribution in [1.82, 2.24) is 4.57 Å². The van der Waals surface area contributed by atoms with E-state index < -0.39 is 5.97 Å². The zero-order valence-corrected chi connectivity index (χ0v) is 11.6. The summed E-state index contributed by atoms with van der Waals surface area (Å²) in [4.78, 5) is 11.3. The van der Waals surface area contributed by atoms with E-state index in [1.165, 1.54) is 44.6 Å². The topological polar surface area (TPSA) is 62.5 Å². The number of aromatic nitrogens is 1. The summed E-state index contributed by atoms with van der Waals surface area (Å²) in [5.41, 5.74) is 0.338. The maximum Gasteiger partial charge on any atom is 0.356 e. The lowest BCUT2D eigenvalue weighted by Crippen LogP contribution is -2.48. The summed E-state index contributed by atoms with van der Waals surface area (Å²) in [6.45, 7) is 0.763. The molecule has 4 bridgehead atoms. The van der Waals surface area contributed by atoms with E-state index in [0.717, 1.165) is 24.3 Å². The van der Waals surface area contributed by atoms with Crippen LogP contribution in [-0.2, 0) is 6.54 Å². The molecule has 0 aromatic carbocycles. The predicted octanol–water partition coefficient (Wildman–Crippen LogP) is 3.11. The normalized spacial score (nSPS) is 38.3. The first kappa shape index (κ1) is 12.3. The van der Waals surface area contributed by atoms with Crippen LogP contribution >= 0.6 is 0 Å². The Morgan fingerprint density at radius 1 is 1.20 bits per heavy atom. The Bertz CT molecular complexity index is 525. The van der Waals surface area contributed by atoms with Crippen molar-refractivity contribution in [1.29, 1.82) is 0 Å². The van der Waals surface area contributed by atoms with Crippen LogP contribution in [0, 0.1) is 23.2 Å². The highest BCUT2D eigenvalue weighted by Crippen LogP contribution is 2.60. The Labute approximate surface area is 118 Å². The van der Waals surface area contributed by atoms with E-state index in [-0.39, 0.29) is 16.9 Å². The highest BCUT2D eigenvalue weighted by molar-refractivity contribution is 5.89. The Balaban J connectivity index is 1.64. The van der Waals surface area contributed by atoms with Crippen LogP contribution in [0.2, 0.25) is 0 Å². The third-order valence-corrected chi connectivity index (χ3v) is 5.82. The number of hydrogen-bond donors (Lipinski definition) is 2. The van der Waals surface area contributed by atoms with Gasteiger partial charge in [0, 0.05) is 12.7 Å². The fourth-order valence-electron chi connectivity index (χ4n) is 5.67. The maximum absolute atomic E-state index is 11.3. The minimum atomic E-state index is -1.03. The van der Waals surface area contributed by atoms with E-state index >= 15 is 0 Å². The SMILES string of the molecule is O=C(O)c1c(O)ccn1CC12CC3CC(CC(C3)C1)C2. The van der Waals surface area contributed by atoms with Gasteiger partial charge in [0.05, 0.1) is 0 Å².